The first-order valence-electron chi connectivity index (χ1n) is 8.95. The highest BCUT2D eigenvalue weighted by Crippen LogP contribution is 2.27. The van der Waals surface area contributed by atoms with Crippen LogP contribution in [0.1, 0.15) is 15.9 Å². The van der Waals surface area contributed by atoms with Crippen molar-refractivity contribution in [1.82, 2.24) is 15.6 Å². The molecule has 7 nitrogen and oxygen atoms in total. The molecule has 0 saturated heterocycles. The van der Waals surface area contributed by atoms with E-state index in [0.717, 1.165) is 16.5 Å². The van der Waals surface area contributed by atoms with Crippen molar-refractivity contribution in [3.63, 3.8) is 0 Å². The molecule has 0 radical (unpaired) electrons. The van der Waals surface area contributed by atoms with Crippen molar-refractivity contribution in [2.75, 3.05) is 27.3 Å². The van der Waals surface area contributed by atoms with E-state index in [4.69, 9.17) is 9.47 Å². The SMILES string of the molecule is COc1cccc(OC)c1C(=O)NCC(=O)NCCc1c[nH]c2ccccc12. The third kappa shape index (κ3) is 4.25. The standard InChI is InChI=1S/C21H23N3O4/c1-27-17-8-5-9-18(28-2)20(17)21(26)24-13-19(25)22-11-10-14-12-23-16-7-4-3-6-15(14)16/h3-9,12,23H,10-11,13H2,1-2H3,(H,22,25)(H,24,26). The van der Waals surface area contributed by atoms with Crippen LogP contribution < -0.4 is 20.1 Å². The second kappa shape index (κ2) is 8.94. The lowest BCUT2D eigenvalue weighted by Gasteiger charge is -2.13. The van der Waals surface area contributed by atoms with E-state index in [1.54, 1.807) is 18.2 Å². The van der Waals surface area contributed by atoms with Gasteiger partial charge < -0.3 is 25.1 Å². The Balaban J connectivity index is 1.51. The number of aromatic amines is 1. The quantitative estimate of drug-likeness (QED) is 0.558. The molecule has 2 aromatic carbocycles. The number of fused-ring (bicyclic) bond motifs is 1. The van der Waals surface area contributed by atoms with E-state index >= 15 is 0 Å². The summed E-state index contributed by atoms with van der Waals surface area (Å²) in [5.41, 5.74) is 2.47. The summed E-state index contributed by atoms with van der Waals surface area (Å²) in [7, 11) is 2.95. The summed E-state index contributed by atoms with van der Waals surface area (Å²) >= 11 is 0. The fourth-order valence-electron chi connectivity index (χ4n) is 3.06. The van der Waals surface area contributed by atoms with Gasteiger partial charge in [-0.3, -0.25) is 9.59 Å². The number of benzene rings is 2. The largest absolute Gasteiger partial charge is 0.496 e. The number of rotatable bonds is 8. The Bertz CT molecular complexity index is 958. The molecule has 146 valence electrons. The van der Waals surface area contributed by atoms with E-state index in [1.165, 1.54) is 14.2 Å². The van der Waals surface area contributed by atoms with E-state index in [9.17, 15) is 9.59 Å². The fourth-order valence-corrected chi connectivity index (χ4v) is 3.06. The van der Waals surface area contributed by atoms with Crippen molar-refractivity contribution in [3.05, 3.63) is 59.8 Å². The van der Waals surface area contributed by atoms with Crippen molar-refractivity contribution in [1.29, 1.82) is 0 Å². The highest BCUT2D eigenvalue weighted by Gasteiger charge is 2.18. The number of hydrogen-bond donors (Lipinski definition) is 3. The first kappa shape index (κ1) is 19.3. The number of hydrogen-bond acceptors (Lipinski definition) is 4. The number of nitrogens with one attached hydrogen (secondary N) is 3. The molecular weight excluding hydrogens is 358 g/mol. The Kier molecular flexibility index (Phi) is 6.16. The lowest BCUT2D eigenvalue weighted by molar-refractivity contribution is -0.120. The summed E-state index contributed by atoms with van der Waals surface area (Å²) in [5, 5.41) is 6.57. The van der Waals surface area contributed by atoms with Gasteiger partial charge in [-0.05, 0) is 30.2 Å². The van der Waals surface area contributed by atoms with E-state index in [2.05, 4.69) is 15.6 Å². The Hall–Kier alpha value is -3.48. The topological polar surface area (TPSA) is 92.4 Å². The summed E-state index contributed by atoms with van der Waals surface area (Å²) in [6.45, 7) is 0.350. The maximum absolute atomic E-state index is 12.5. The lowest BCUT2D eigenvalue weighted by Crippen LogP contribution is -2.37. The van der Waals surface area contributed by atoms with Crippen LogP contribution in [0.4, 0.5) is 0 Å². The summed E-state index contributed by atoms with van der Waals surface area (Å²) in [5.74, 6) is 0.0799. The molecule has 3 N–H and O–H groups in total. The zero-order valence-electron chi connectivity index (χ0n) is 15.9. The molecule has 0 bridgehead atoms. The Labute approximate surface area is 163 Å². The number of ether oxygens (including phenoxy) is 2. The molecule has 0 spiro atoms. The van der Waals surface area contributed by atoms with Crippen LogP contribution in [0.5, 0.6) is 11.5 Å². The van der Waals surface area contributed by atoms with Crippen molar-refractivity contribution in [3.8, 4) is 11.5 Å². The number of para-hydroxylation sites is 1. The summed E-state index contributed by atoms with van der Waals surface area (Å²) in [6.07, 6.45) is 2.65. The molecule has 0 fully saturated rings. The maximum atomic E-state index is 12.5. The Morgan fingerprint density at radius 1 is 0.964 bits per heavy atom. The number of methoxy groups -OCH3 is 2. The molecule has 1 aromatic heterocycles. The van der Waals surface area contributed by atoms with Crippen LogP contribution in [0.25, 0.3) is 10.9 Å². The molecule has 0 aliphatic heterocycles. The van der Waals surface area contributed by atoms with Crippen molar-refractivity contribution in [2.45, 2.75) is 6.42 Å². The van der Waals surface area contributed by atoms with Gasteiger partial charge in [0.1, 0.15) is 17.1 Å². The lowest BCUT2D eigenvalue weighted by atomic mass is 10.1. The smallest absolute Gasteiger partial charge is 0.259 e. The molecule has 1 heterocycles. The zero-order valence-corrected chi connectivity index (χ0v) is 15.9. The van der Waals surface area contributed by atoms with Crippen LogP contribution in [0, 0.1) is 0 Å². The Morgan fingerprint density at radius 3 is 2.39 bits per heavy atom. The first-order chi connectivity index (χ1) is 13.6. The minimum atomic E-state index is -0.430. The molecule has 2 amide bonds. The summed E-state index contributed by atoms with van der Waals surface area (Å²) in [6, 6.07) is 13.1. The van der Waals surface area contributed by atoms with Gasteiger partial charge in [-0.1, -0.05) is 24.3 Å². The minimum absolute atomic E-state index is 0.131. The van der Waals surface area contributed by atoms with E-state index in [0.29, 0.717) is 24.5 Å². The molecule has 0 aliphatic rings. The monoisotopic (exact) mass is 381 g/mol. The minimum Gasteiger partial charge on any atom is -0.496 e. The third-order valence-electron chi connectivity index (χ3n) is 4.46. The fraction of sp³-hybridized carbons (Fsp3) is 0.238. The van der Waals surface area contributed by atoms with E-state index < -0.39 is 5.91 Å². The first-order valence-corrected chi connectivity index (χ1v) is 8.95. The predicted octanol–water partition coefficient (Wildman–Crippen LogP) is 2.27. The summed E-state index contributed by atoms with van der Waals surface area (Å²) in [4.78, 5) is 27.8. The van der Waals surface area contributed by atoms with Crippen LogP contribution >= 0.6 is 0 Å². The van der Waals surface area contributed by atoms with Crippen LogP contribution in [-0.4, -0.2) is 44.1 Å². The van der Waals surface area contributed by atoms with Crippen molar-refractivity contribution in [2.24, 2.45) is 0 Å². The second-order valence-corrected chi connectivity index (χ2v) is 6.18. The number of carbonyl (C=O) groups excluding carboxylic acids is 2. The number of amides is 2. The van der Waals surface area contributed by atoms with Gasteiger partial charge in [0, 0.05) is 23.6 Å². The Morgan fingerprint density at radius 2 is 1.68 bits per heavy atom. The van der Waals surface area contributed by atoms with Gasteiger partial charge in [-0.15, -0.1) is 0 Å². The molecule has 28 heavy (non-hydrogen) atoms. The number of aromatic nitrogens is 1. The summed E-state index contributed by atoms with van der Waals surface area (Å²) < 4.78 is 10.4. The van der Waals surface area contributed by atoms with Crippen molar-refractivity contribution < 1.29 is 19.1 Å². The van der Waals surface area contributed by atoms with Crippen LogP contribution in [0.15, 0.2) is 48.7 Å². The molecule has 0 saturated carbocycles. The van der Waals surface area contributed by atoms with Crippen LogP contribution in [0.2, 0.25) is 0 Å². The number of carbonyl (C=O) groups is 2. The van der Waals surface area contributed by atoms with Gasteiger partial charge in [0.15, 0.2) is 0 Å². The van der Waals surface area contributed by atoms with Gasteiger partial charge in [-0.2, -0.15) is 0 Å². The number of H-pyrrole nitrogens is 1. The van der Waals surface area contributed by atoms with Crippen LogP contribution in [0.3, 0.4) is 0 Å². The molecule has 3 rings (SSSR count). The van der Waals surface area contributed by atoms with E-state index in [-0.39, 0.29) is 18.0 Å². The maximum Gasteiger partial charge on any atom is 0.259 e. The average Bonchev–Trinajstić information content (AvgIpc) is 3.14. The normalized spacial score (nSPS) is 10.5. The van der Waals surface area contributed by atoms with Gasteiger partial charge in [-0.25, -0.2) is 0 Å². The molecule has 7 heteroatoms. The third-order valence-corrected chi connectivity index (χ3v) is 4.46. The molecule has 0 aliphatic carbocycles. The average molecular weight is 381 g/mol. The van der Waals surface area contributed by atoms with E-state index in [1.807, 2.05) is 30.5 Å². The van der Waals surface area contributed by atoms with Crippen LogP contribution in [-0.2, 0) is 11.2 Å². The van der Waals surface area contributed by atoms with Gasteiger partial charge in [0.05, 0.1) is 20.8 Å². The van der Waals surface area contributed by atoms with Gasteiger partial charge >= 0.3 is 0 Å². The van der Waals surface area contributed by atoms with Gasteiger partial charge in [0.25, 0.3) is 5.91 Å². The second-order valence-electron chi connectivity index (χ2n) is 6.18. The zero-order chi connectivity index (χ0) is 19.9. The molecular formula is C21H23N3O4. The predicted molar refractivity (Wildman–Crippen MR) is 107 cm³/mol. The van der Waals surface area contributed by atoms with Gasteiger partial charge in [0.2, 0.25) is 5.91 Å². The molecule has 0 atom stereocenters. The highest BCUT2D eigenvalue weighted by molar-refractivity contribution is 6.01. The highest BCUT2D eigenvalue weighted by atomic mass is 16.5. The molecule has 3 aromatic rings. The van der Waals surface area contributed by atoms with Crippen molar-refractivity contribution >= 4 is 22.7 Å². The molecule has 0 unspecified atom stereocenters.